The minimum absolute atomic E-state index is 0.0504. The second-order valence-electron chi connectivity index (χ2n) is 9.97. The van der Waals surface area contributed by atoms with Gasteiger partial charge >= 0.3 is 5.97 Å². The first-order valence-corrected chi connectivity index (χ1v) is 13.9. The zero-order valence-electron chi connectivity index (χ0n) is 22.4. The fraction of sp³-hybridized carbons (Fsp3) is 0.267. The smallest absolute Gasteiger partial charge is 0.328 e. The minimum Gasteiger partial charge on any atom is -0.480 e. The highest BCUT2D eigenvalue weighted by Gasteiger charge is 2.24. The Bertz CT molecular complexity index is 1430. The normalized spacial score (nSPS) is 14.8. The van der Waals surface area contributed by atoms with Crippen LogP contribution >= 0.6 is 23.2 Å². The Morgan fingerprint density at radius 1 is 0.976 bits per heavy atom. The summed E-state index contributed by atoms with van der Waals surface area (Å²) in [6, 6.07) is 17.2. The van der Waals surface area contributed by atoms with Gasteiger partial charge in [0.2, 0.25) is 0 Å². The molecule has 3 aromatic rings. The van der Waals surface area contributed by atoms with Crippen LogP contribution in [0.15, 0.2) is 71.7 Å². The molecule has 0 unspecified atom stereocenters. The molecule has 0 aliphatic carbocycles. The number of guanidine groups is 1. The second kappa shape index (κ2) is 13.5. The summed E-state index contributed by atoms with van der Waals surface area (Å²) in [6.07, 6.45) is 1.96. The van der Waals surface area contributed by atoms with E-state index in [0.717, 1.165) is 12.8 Å². The molecule has 4 rings (SSSR count). The number of nitrogens with zero attached hydrogens (tertiary/aromatic N) is 2. The monoisotopic (exact) mass is 595 g/mol. The maximum atomic E-state index is 13.2. The number of carboxylic acid groups (broad SMARTS) is 1. The van der Waals surface area contributed by atoms with E-state index in [2.05, 4.69) is 22.5 Å². The Kier molecular flexibility index (Phi) is 9.86. The highest BCUT2D eigenvalue weighted by atomic mass is 35.5. The van der Waals surface area contributed by atoms with Gasteiger partial charge in [0.15, 0.2) is 12.0 Å². The van der Waals surface area contributed by atoms with Gasteiger partial charge in [-0.3, -0.25) is 9.59 Å². The molecule has 9 nitrogen and oxygen atoms in total. The third kappa shape index (κ3) is 7.77. The van der Waals surface area contributed by atoms with Crippen LogP contribution in [0.2, 0.25) is 10.0 Å². The number of para-hydroxylation sites is 1. The number of piperidine rings is 1. The van der Waals surface area contributed by atoms with Crippen LogP contribution < -0.4 is 16.4 Å². The molecule has 1 saturated heterocycles. The van der Waals surface area contributed by atoms with Gasteiger partial charge in [0.25, 0.3) is 11.8 Å². The predicted molar refractivity (Wildman–Crippen MR) is 162 cm³/mol. The fourth-order valence-electron chi connectivity index (χ4n) is 4.54. The number of carbonyl (C=O) groups excluding carboxylic acids is 2. The summed E-state index contributed by atoms with van der Waals surface area (Å²) in [6.45, 7) is 3.56. The zero-order valence-corrected chi connectivity index (χ0v) is 24.0. The molecular weight excluding hydrogens is 565 g/mol. The number of likely N-dealkylation sites (tertiary alicyclic amines) is 1. The number of carbonyl (C=O) groups is 3. The third-order valence-electron chi connectivity index (χ3n) is 6.90. The number of hydrogen-bond donors (Lipinski definition) is 4. The van der Waals surface area contributed by atoms with Gasteiger partial charge in [0.05, 0.1) is 26.9 Å². The first-order valence-electron chi connectivity index (χ1n) is 13.2. The maximum absolute atomic E-state index is 13.2. The highest BCUT2D eigenvalue weighted by molar-refractivity contribution is 6.40. The average molecular weight is 597 g/mol. The van der Waals surface area contributed by atoms with Crippen molar-refractivity contribution in [1.82, 2.24) is 4.90 Å². The van der Waals surface area contributed by atoms with Crippen molar-refractivity contribution in [1.29, 1.82) is 0 Å². The van der Waals surface area contributed by atoms with Crippen LogP contribution in [0.1, 0.15) is 46.0 Å². The largest absolute Gasteiger partial charge is 0.480 e. The van der Waals surface area contributed by atoms with E-state index in [0.29, 0.717) is 41.5 Å². The summed E-state index contributed by atoms with van der Waals surface area (Å²) in [5.74, 6) is -1.26. The van der Waals surface area contributed by atoms with Crippen LogP contribution in [0.5, 0.6) is 0 Å². The number of benzene rings is 3. The number of hydrogen-bond acceptors (Lipinski definition) is 4. The lowest BCUT2D eigenvalue weighted by Crippen LogP contribution is -2.38. The van der Waals surface area contributed by atoms with Crippen molar-refractivity contribution in [2.75, 3.05) is 23.7 Å². The van der Waals surface area contributed by atoms with Gasteiger partial charge in [-0.25, -0.2) is 9.79 Å². The van der Waals surface area contributed by atoms with E-state index in [-0.39, 0.29) is 33.9 Å². The number of carboxylic acids is 1. The van der Waals surface area contributed by atoms with Crippen LogP contribution in [-0.4, -0.2) is 52.9 Å². The van der Waals surface area contributed by atoms with Crippen LogP contribution in [0, 0.1) is 5.92 Å². The number of rotatable bonds is 8. The standard InChI is InChI=1S/C30H31Cl2N5O4/c1-18-13-15-37(16-14-18)28(39)21-5-2-3-8-24(21)35-30(33)36-25(29(40)41)17-19-9-11-20(12-10-19)34-27(38)26-22(31)6-4-7-23(26)32/h2-12,18,25H,13-17H2,1H3,(H,34,38)(H,40,41)(H3,33,35,36)/t25-/m0/s1. The van der Waals surface area contributed by atoms with E-state index in [1.54, 1.807) is 66.7 Å². The lowest BCUT2D eigenvalue weighted by Gasteiger charge is -2.30. The molecule has 0 aromatic heterocycles. The van der Waals surface area contributed by atoms with Gasteiger partial charge in [0, 0.05) is 25.2 Å². The topological polar surface area (TPSA) is 137 Å². The number of anilines is 2. The van der Waals surface area contributed by atoms with Gasteiger partial charge in [-0.15, -0.1) is 0 Å². The minimum atomic E-state index is -1.18. The van der Waals surface area contributed by atoms with E-state index < -0.39 is 17.9 Å². The SMILES string of the molecule is CC1CCN(C(=O)c2ccccc2NC(N)=N[C@@H](Cc2ccc(NC(=O)c3c(Cl)cccc3Cl)cc2)C(=O)O)CC1. The molecule has 0 radical (unpaired) electrons. The van der Waals surface area contributed by atoms with Crippen molar-refractivity contribution in [2.24, 2.45) is 16.6 Å². The molecule has 2 amide bonds. The van der Waals surface area contributed by atoms with Crippen molar-refractivity contribution < 1.29 is 19.5 Å². The molecule has 0 bridgehead atoms. The van der Waals surface area contributed by atoms with E-state index in [9.17, 15) is 19.5 Å². The lowest BCUT2D eigenvalue weighted by atomic mass is 9.98. The van der Waals surface area contributed by atoms with E-state index in [4.69, 9.17) is 28.9 Å². The molecule has 214 valence electrons. The first kappa shape index (κ1) is 29.9. The average Bonchev–Trinajstić information content (AvgIpc) is 2.94. The van der Waals surface area contributed by atoms with Gasteiger partial charge < -0.3 is 26.4 Å². The summed E-state index contributed by atoms with van der Waals surface area (Å²) in [5.41, 5.74) is 8.32. The summed E-state index contributed by atoms with van der Waals surface area (Å²) in [5, 5.41) is 15.9. The molecule has 1 heterocycles. The van der Waals surface area contributed by atoms with Gasteiger partial charge in [0.1, 0.15) is 0 Å². The predicted octanol–water partition coefficient (Wildman–Crippen LogP) is 5.54. The van der Waals surface area contributed by atoms with Crippen LogP contribution in [-0.2, 0) is 11.2 Å². The Balaban J connectivity index is 1.42. The quantitative estimate of drug-likeness (QED) is 0.199. The molecule has 11 heteroatoms. The number of aliphatic imine (C=N–C) groups is 1. The Morgan fingerprint density at radius 2 is 1.61 bits per heavy atom. The van der Waals surface area contributed by atoms with Crippen molar-refractivity contribution >= 4 is 58.3 Å². The van der Waals surface area contributed by atoms with Crippen molar-refractivity contribution in [3.63, 3.8) is 0 Å². The van der Waals surface area contributed by atoms with E-state index >= 15 is 0 Å². The van der Waals surface area contributed by atoms with E-state index in [1.807, 2.05) is 4.90 Å². The lowest BCUT2D eigenvalue weighted by molar-refractivity contribution is -0.138. The van der Waals surface area contributed by atoms with Crippen molar-refractivity contribution in [2.45, 2.75) is 32.2 Å². The first-order chi connectivity index (χ1) is 19.6. The third-order valence-corrected chi connectivity index (χ3v) is 7.53. The second-order valence-corrected chi connectivity index (χ2v) is 10.8. The van der Waals surface area contributed by atoms with Gasteiger partial charge in [-0.1, -0.05) is 60.5 Å². The molecule has 3 aromatic carbocycles. The van der Waals surface area contributed by atoms with Gasteiger partial charge in [-0.05, 0) is 60.7 Å². The molecule has 1 aliphatic heterocycles. The Morgan fingerprint density at radius 3 is 2.24 bits per heavy atom. The molecule has 0 saturated carbocycles. The van der Waals surface area contributed by atoms with Gasteiger partial charge in [-0.2, -0.15) is 0 Å². The highest BCUT2D eigenvalue weighted by Crippen LogP contribution is 2.26. The number of aliphatic carboxylic acids is 1. The number of halogens is 2. The van der Waals surface area contributed by atoms with Crippen molar-refractivity contribution in [3.05, 3.63) is 93.5 Å². The molecular formula is C30H31Cl2N5O4. The summed E-state index contributed by atoms with van der Waals surface area (Å²) in [4.78, 5) is 43.8. The van der Waals surface area contributed by atoms with Crippen molar-refractivity contribution in [3.8, 4) is 0 Å². The Labute approximate surface area is 248 Å². The van der Waals surface area contributed by atoms with Crippen LogP contribution in [0.4, 0.5) is 11.4 Å². The fourth-order valence-corrected chi connectivity index (χ4v) is 5.11. The maximum Gasteiger partial charge on any atom is 0.328 e. The summed E-state index contributed by atoms with van der Waals surface area (Å²) < 4.78 is 0. The van der Waals surface area contributed by atoms with Crippen LogP contribution in [0.3, 0.4) is 0 Å². The van der Waals surface area contributed by atoms with E-state index in [1.165, 1.54) is 0 Å². The Hall–Kier alpha value is -4.08. The molecule has 0 spiro atoms. The number of amides is 2. The molecule has 1 aliphatic rings. The molecule has 1 fully saturated rings. The molecule has 1 atom stereocenters. The summed E-state index contributed by atoms with van der Waals surface area (Å²) in [7, 11) is 0. The molecule has 5 N–H and O–H groups in total. The molecule has 41 heavy (non-hydrogen) atoms. The number of nitrogens with two attached hydrogens (primary N) is 1. The summed E-state index contributed by atoms with van der Waals surface area (Å²) >= 11 is 12.2. The van der Waals surface area contributed by atoms with Crippen LogP contribution in [0.25, 0.3) is 0 Å². The zero-order chi connectivity index (χ0) is 29.5. The number of nitrogens with one attached hydrogen (secondary N) is 2.